The van der Waals surface area contributed by atoms with Gasteiger partial charge in [-0.05, 0) is 55.8 Å². The first-order valence-electron chi connectivity index (χ1n) is 17.5. The number of pyridine rings is 1. The van der Waals surface area contributed by atoms with Gasteiger partial charge < -0.3 is 24.8 Å². The molecule has 0 saturated carbocycles. The molecule has 2 saturated heterocycles. The lowest BCUT2D eigenvalue weighted by Crippen LogP contribution is -2.56. The van der Waals surface area contributed by atoms with Crippen molar-refractivity contribution >= 4 is 23.4 Å². The van der Waals surface area contributed by atoms with E-state index in [0.29, 0.717) is 19.1 Å². The van der Waals surface area contributed by atoms with Gasteiger partial charge in [0.1, 0.15) is 5.82 Å². The zero-order chi connectivity index (χ0) is 33.3. The van der Waals surface area contributed by atoms with Crippen molar-refractivity contribution in [2.45, 2.75) is 25.4 Å². The molecule has 9 rings (SSSR count). The van der Waals surface area contributed by atoms with Crippen molar-refractivity contribution in [1.82, 2.24) is 39.5 Å². The van der Waals surface area contributed by atoms with Crippen LogP contribution >= 0.6 is 0 Å². The third-order valence-electron chi connectivity index (χ3n) is 9.83. The monoisotopic (exact) mass is 656 g/mol. The summed E-state index contributed by atoms with van der Waals surface area (Å²) in [6.07, 6.45) is 5.58. The van der Waals surface area contributed by atoms with Crippen molar-refractivity contribution in [3.63, 3.8) is 0 Å². The Kier molecular flexibility index (Phi) is 11.8. The fourth-order valence-corrected chi connectivity index (χ4v) is 6.65. The highest BCUT2D eigenvalue weighted by Crippen LogP contribution is 2.23. The van der Waals surface area contributed by atoms with E-state index in [2.05, 4.69) is 79.2 Å². The van der Waals surface area contributed by atoms with Gasteiger partial charge in [-0.25, -0.2) is 15.0 Å². The molecule has 1 N–H and O–H groups in total. The number of piperazine rings is 2. The molecular weight excluding hydrogens is 604 g/mol. The summed E-state index contributed by atoms with van der Waals surface area (Å²) in [5.74, 6) is 1.65. The van der Waals surface area contributed by atoms with E-state index in [1.54, 1.807) is 6.20 Å². The van der Waals surface area contributed by atoms with Gasteiger partial charge in [-0.2, -0.15) is 0 Å². The van der Waals surface area contributed by atoms with Crippen LogP contribution in [0.1, 0.15) is 18.4 Å². The maximum Gasteiger partial charge on any atom is 0.236 e. The van der Waals surface area contributed by atoms with E-state index >= 15 is 0 Å². The average Bonchev–Trinajstić information content (AvgIpc) is 3.10. The van der Waals surface area contributed by atoms with Gasteiger partial charge in [0.2, 0.25) is 11.9 Å². The molecule has 8 heterocycles. The van der Waals surface area contributed by atoms with Crippen LogP contribution in [0.2, 0.25) is 0 Å². The zero-order valence-corrected chi connectivity index (χ0v) is 28.9. The van der Waals surface area contributed by atoms with Crippen LogP contribution < -0.4 is 10.2 Å². The number of aromatic nitrogens is 3. The highest BCUT2D eigenvalue weighted by Gasteiger charge is 2.29. The van der Waals surface area contributed by atoms with Crippen molar-refractivity contribution < 1.29 is 9.53 Å². The lowest BCUT2D eigenvalue weighted by molar-refractivity contribution is -0.132. The Morgan fingerprint density at radius 2 is 1.71 bits per heavy atom. The molecule has 2 aromatic heterocycles. The number of nitrogens with zero attached hydrogens (tertiary/aromatic N) is 9. The summed E-state index contributed by atoms with van der Waals surface area (Å²) < 4.78 is 6.35. The number of hydrogen-bond donors (Lipinski definition) is 1. The van der Waals surface area contributed by atoms with Crippen LogP contribution in [0.5, 0.6) is 0 Å². The highest BCUT2D eigenvalue weighted by molar-refractivity contribution is 5.78. The molecule has 1 amide bonds. The maximum atomic E-state index is 13.3. The van der Waals surface area contributed by atoms with E-state index in [0.717, 1.165) is 114 Å². The number of likely N-dealkylation sites (N-methyl/N-ethyl adjacent to an activating group) is 2. The number of nitrogens with one attached hydrogen (secondary N) is 1. The fraction of sp³-hybridized carbons (Fsp3) is 0.556. The van der Waals surface area contributed by atoms with Gasteiger partial charge in [-0.3, -0.25) is 19.5 Å². The first kappa shape index (κ1) is 34.2. The van der Waals surface area contributed by atoms with Crippen LogP contribution in [0.25, 0.3) is 11.3 Å². The number of carbonyl (C=O) groups excluding carboxylic acids is 1. The van der Waals surface area contributed by atoms with Gasteiger partial charge >= 0.3 is 0 Å². The minimum atomic E-state index is 0.183. The molecule has 0 spiro atoms. The van der Waals surface area contributed by atoms with E-state index in [1.807, 2.05) is 30.3 Å². The van der Waals surface area contributed by atoms with E-state index < -0.39 is 0 Å². The standard InChI is InChI=1S/C36H52N10O2/c1-41-15-17-44(18-16-41)21-22-48-28-32-26-45-19-20-46(32)25-29-7-6-8-31(23-29)39-36-37-12-11-33(40-36)30-9-10-34(38-24-30)42(2)13-4-5-14-43(3)35(47)27-45/h6-12,23-24,32H,4-5,13-22,25-28H2,1-3H3,(H,37,39,40). The largest absolute Gasteiger partial charge is 0.378 e. The van der Waals surface area contributed by atoms with Gasteiger partial charge in [0.05, 0.1) is 25.5 Å². The zero-order valence-electron chi connectivity index (χ0n) is 28.9. The predicted molar refractivity (Wildman–Crippen MR) is 191 cm³/mol. The third-order valence-corrected chi connectivity index (χ3v) is 9.83. The van der Waals surface area contributed by atoms with Crippen molar-refractivity contribution in [2.75, 3.05) is 117 Å². The Bertz CT molecular complexity index is 1470. The van der Waals surface area contributed by atoms with Crippen molar-refractivity contribution in [2.24, 2.45) is 0 Å². The second-order valence-corrected chi connectivity index (χ2v) is 13.5. The van der Waals surface area contributed by atoms with E-state index in [1.165, 1.54) is 5.56 Å². The summed E-state index contributed by atoms with van der Waals surface area (Å²) in [6, 6.07) is 14.7. The molecule has 3 aromatic rings. The van der Waals surface area contributed by atoms with Crippen molar-refractivity contribution in [3.05, 3.63) is 60.4 Å². The molecule has 0 radical (unpaired) electrons. The molecule has 2 fully saturated rings. The van der Waals surface area contributed by atoms with Crippen molar-refractivity contribution in [1.29, 1.82) is 0 Å². The third kappa shape index (κ3) is 9.48. The molecule has 258 valence electrons. The number of hydrogen-bond acceptors (Lipinski definition) is 11. The molecule has 6 aliphatic rings. The summed E-state index contributed by atoms with van der Waals surface area (Å²) in [5, 5.41) is 3.42. The summed E-state index contributed by atoms with van der Waals surface area (Å²) in [5.41, 5.74) is 3.92. The minimum absolute atomic E-state index is 0.183. The summed E-state index contributed by atoms with van der Waals surface area (Å²) >= 11 is 0. The Balaban J connectivity index is 1.17. The van der Waals surface area contributed by atoms with Gasteiger partial charge in [0, 0.05) is 116 Å². The molecule has 3 unspecified atom stereocenters. The second kappa shape index (κ2) is 16.6. The number of ether oxygens (including phenoxy) is 1. The number of carbonyl (C=O) groups is 1. The van der Waals surface area contributed by atoms with Crippen LogP contribution in [0, 0.1) is 0 Å². The van der Waals surface area contributed by atoms with Crippen LogP contribution in [0.4, 0.5) is 17.5 Å². The number of benzene rings is 1. The smallest absolute Gasteiger partial charge is 0.236 e. The molecule has 3 atom stereocenters. The molecule has 12 heteroatoms. The summed E-state index contributed by atoms with van der Waals surface area (Å²) in [4.78, 5) is 41.1. The lowest BCUT2D eigenvalue weighted by Gasteiger charge is -2.41. The van der Waals surface area contributed by atoms with E-state index in [9.17, 15) is 4.79 Å². The molecule has 8 bridgehead atoms. The Morgan fingerprint density at radius 3 is 2.52 bits per heavy atom. The quantitative estimate of drug-likeness (QED) is 0.411. The molecule has 1 aromatic carbocycles. The highest BCUT2D eigenvalue weighted by atomic mass is 16.5. The Morgan fingerprint density at radius 1 is 0.875 bits per heavy atom. The summed E-state index contributed by atoms with van der Waals surface area (Å²) in [6.45, 7) is 12.2. The topological polar surface area (TPSA) is 96.4 Å². The normalized spacial score (nSPS) is 23.6. The SMILES string of the molecule is CN1CCN(CCOCC2CN3CCN2Cc2cccc(c2)Nc2nccc(n2)-c2ccc(nc2)N(C)CCCCN(C)C(=O)C3)CC1. The molecule has 12 nitrogen and oxygen atoms in total. The first-order valence-corrected chi connectivity index (χ1v) is 17.5. The van der Waals surface area contributed by atoms with E-state index in [-0.39, 0.29) is 11.9 Å². The predicted octanol–water partition coefficient (Wildman–Crippen LogP) is 2.72. The lowest BCUT2D eigenvalue weighted by atomic mass is 10.1. The Hall–Kier alpha value is -3.68. The molecule has 6 aliphatic heterocycles. The molecular formula is C36H52N10O2. The van der Waals surface area contributed by atoms with Gasteiger partial charge in [-0.1, -0.05) is 12.1 Å². The van der Waals surface area contributed by atoms with Gasteiger partial charge in [-0.15, -0.1) is 0 Å². The number of amides is 1. The number of rotatable bonds is 5. The van der Waals surface area contributed by atoms with Crippen LogP contribution in [-0.2, 0) is 16.1 Å². The minimum Gasteiger partial charge on any atom is -0.378 e. The fourth-order valence-electron chi connectivity index (χ4n) is 6.65. The van der Waals surface area contributed by atoms with Crippen molar-refractivity contribution in [3.8, 4) is 11.3 Å². The van der Waals surface area contributed by atoms with E-state index in [4.69, 9.17) is 14.7 Å². The van der Waals surface area contributed by atoms with Gasteiger partial charge in [0.15, 0.2) is 0 Å². The molecule has 0 aliphatic carbocycles. The van der Waals surface area contributed by atoms with Crippen LogP contribution in [0.15, 0.2) is 54.9 Å². The Labute approximate surface area is 285 Å². The second-order valence-electron chi connectivity index (χ2n) is 13.5. The van der Waals surface area contributed by atoms with Crippen LogP contribution in [-0.4, -0.2) is 158 Å². The summed E-state index contributed by atoms with van der Waals surface area (Å²) in [7, 11) is 6.19. The maximum absolute atomic E-state index is 13.3. The van der Waals surface area contributed by atoms with Crippen LogP contribution in [0.3, 0.4) is 0 Å². The van der Waals surface area contributed by atoms with Gasteiger partial charge in [0.25, 0.3) is 0 Å². The number of anilines is 3. The average molecular weight is 657 g/mol. The first-order chi connectivity index (χ1) is 23.4. The molecule has 48 heavy (non-hydrogen) atoms.